The lowest BCUT2D eigenvalue weighted by molar-refractivity contribution is 0.605. The van der Waals surface area contributed by atoms with Crippen molar-refractivity contribution in [1.82, 2.24) is 0 Å². The van der Waals surface area contributed by atoms with Crippen molar-refractivity contribution in [3.05, 3.63) is 94.1 Å². The van der Waals surface area contributed by atoms with Gasteiger partial charge in [-0.25, -0.2) is 0 Å². The molecule has 0 saturated carbocycles. The van der Waals surface area contributed by atoms with Gasteiger partial charge in [0.2, 0.25) is 0 Å². The summed E-state index contributed by atoms with van der Waals surface area (Å²) in [6.45, 7) is 13.7. The van der Waals surface area contributed by atoms with E-state index in [-0.39, 0.29) is 0 Å². The molecule has 0 aliphatic rings. The lowest BCUT2D eigenvalue weighted by Crippen LogP contribution is -2.00. The van der Waals surface area contributed by atoms with Crippen molar-refractivity contribution in [2.24, 2.45) is 4.99 Å². The second kappa shape index (κ2) is 23.4. The molecular weight excluding hydrogens is 579 g/mol. The fraction of sp³-hybridized carbons (Fsp3) is 0.553. The Kier molecular flexibility index (Phi) is 19.3. The number of hydrogen-bond acceptors (Lipinski definition) is 1. The summed E-state index contributed by atoms with van der Waals surface area (Å²) in [5.41, 5.74) is 13.6. The standard InChI is InChI=1S/C47H69N/c1-7-11-14-17-19-23-27-41-32-33-45(37-44(41)31-22-16-13-9-3)48-47(10-4)38(5)34-40-35-43(30-24-20-18-15-12-8-2)39(6)46(36-40)42-28-25-21-26-29-42/h21,25-26,28-29,32-37H,7-20,22-24,27,30-31H2,1-6H3. The fourth-order valence-corrected chi connectivity index (χ4v) is 7.09. The van der Waals surface area contributed by atoms with Gasteiger partial charge in [-0.15, -0.1) is 0 Å². The molecule has 3 rings (SSSR count). The van der Waals surface area contributed by atoms with Crippen LogP contribution >= 0.6 is 0 Å². The molecule has 0 fully saturated rings. The summed E-state index contributed by atoms with van der Waals surface area (Å²) in [4.78, 5) is 5.30. The van der Waals surface area contributed by atoms with Gasteiger partial charge in [-0.3, -0.25) is 4.99 Å². The van der Waals surface area contributed by atoms with Gasteiger partial charge in [-0.2, -0.15) is 0 Å². The number of unbranched alkanes of at least 4 members (excludes halogenated alkanes) is 13. The van der Waals surface area contributed by atoms with Crippen molar-refractivity contribution >= 4 is 17.5 Å². The van der Waals surface area contributed by atoms with E-state index >= 15 is 0 Å². The van der Waals surface area contributed by atoms with Gasteiger partial charge in [-0.1, -0.05) is 160 Å². The highest BCUT2D eigenvalue weighted by Gasteiger charge is 2.11. The zero-order valence-corrected chi connectivity index (χ0v) is 31.9. The van der Waals surface area contributed by atoms with Gasteiger partial charge in [0.1, 0.15) is 0 Å². The highest BCUT2D eigenvalue weighted by atomic mass is 14.7. The zero-order chi connectivity index (χ0) is 34.4. The maximum Gasteiger partial charge on any atom is 0.0636 e. The van der Waals surface area contributed by atoms with Crippen LogP contribution in [0.25, 0.3) is 17.2 Å². The summed E-state index contributed by atoms with van der Waals surface area (Å²) >= 11 is 0. The van der Waals surface area contributed by atoms with E-state index in [2.05, 4.69) is 108 Å². The summed E-state index contributed by atoms with van der Waals surface area (Å²) in [6, 6.07) is 22.9. The number of aliphatic imine (C=N–C) groups is 1. The minimum atomic E-state index is 0.926. The maximum atomic E-state index is 5.30. The normalized spacial score (nSPS) is 12.2. The molecule has 48 heavy (non-hydrogen) atoms. The predicted octanol–water partition coefficient (Wildman–Crippen LogP) is 15.2. The molecule has 0 spiro atoms. The van der Waals surface area contributed by atoms with Crippen molar-refractivity contribution < 1.29 is 0 Å². The topological polar surface area (TPSA) is 12.4 Å². The highest BCUT2D eigenvalue weighted by Crippen LogP contribution is 2.30. The predicted molar refractivity (Wildman–Crippen MR) is 216 cm³/mol. The average Bonchev–Trinajstić information content (AvgIpc) is 3.10. The van der Waals surface area contributed by atoms with E-state index in [0.29, 0.717) is 0 Å². The summed E-state index contributed by atoms with van der Waals surface area (Å²) < 4.78 is 0. The SMILES string of the molecule is CCCCCCCCc1ccc(N=C(CC)C(C)=Cc2cc(CCCCCCCC)c(C)c(-c3ccccc3)c2)cc1CCCCCC. The lowest BCUT2D eigenvalue weighted by atomic mass is 9.90. The van der Waals surface area contributed by atoms with Gasteiger partial charge in [0.15, 0.2) is 0 Å². The molecule has 0 bridgehead atoms. The van der Waals surface area contributed by atoms with Crippen LogP contribution in [0.1, 0.15) is 172 Å². The van der Waals surface area contributed by atoms with Crippen molar-refractivity contribution in [2.45, 2.75) is 170 Å². The van der Waals surface area contributed by atoms with Crippen LogP contribution in [0.15, 0.2) is 71.2 Å². The molecule has 3 aromatic carbocycles. The van der Waals surface area contributed by atoms with E-state index < -0.39 is 0 Å². The van der Waals surface area contributed by atoms with E-state index in [1.807, 2.05) is 0 Å². The van der Waals surface area contributed by atoms with Gasteiger partial charge < -0.3 is 0 Å². The third kappa shape index (κ3) is 13.9. The van der Waals surface area contributed by atoms with Crippen LogP contribution in [0.4, 0.5) is 5.69 Å². The zero-order valence-electron chi connectivity index (χ0n) is 31.9. The van der Waals surface area contributed by atoms with Gasteiger partial charge in [0.25, 0.3) is 0 Å². The molecule has 0 aliphatic carbocycles. The van der Waals surface area contributed by atoms with Crippen molar-refractivity contribution in [1.29, 1.82) is 0 Å². The third-order valence-corrected chi connectivity index (χ3v) is 10.1. The summed E-state index contributed by atoms with van der Waals surface area (Å²) in [5.74, 6) is 0. The molecule has 0 saturated heterocycles. The van der Waals surface area contributed by atoms with Gasteiger partial charge >= 0.3 is 0 Å². The smallest absolute Gasteiger partial charge is 0.0636 e. The first-order valence-corrected chi connectivity index (χ1v) is 20.1. The first kappa shape index (κ1) is 39.5. The number of rotatable bonds is 24. The van der Waals surface area contributed by atoms with Gasteiger partial charge in [0, 0.05) is 5.71 Å². The first-order valence-electron chi connectivity index (χ1n) is 20.1. The van der Waals surface area contributed by atoms with E-state index in [1.54, 1.807) is 5.56 Å². The molecule has 0 atom stereocenters. The van der Waals surface area contributed by atoms with Crippen LogP contribution in [-0.2, 0) is 19.3 Å². The third-order valence-electron chi connectivity index (χ3n) is 10.1. The minimum absolute atomic E-state index is 0.926. The number of hydrogen-bond donors (Lipinski definition) is 0. The van der Waals surface area contributed by atoms with E-state index in [4.69, 9.17) is 4.99 Å². The Morgan fingerprint density at radius 1 is 0.562 bits per heavy atom. The second-order valence-electron chi connectivity index (χ2n) is 14.3. The van der Waals surface area contributed by atoms with Crippen LogP contribution < -0.4 is 0 Å². The van der Waals surface area contributed by atoms with E-state index in [9.17, 15) is 0 Å². The number of allylic oxidation sites excluding steroid dienone is 1. The summed E-state index contributed by atoms with van der Waals surface area (Å²) in [7, 11) is 0. The van der Waals surface area contributed by atoms with Crippen molar-refractivity contribution in [2.75, 3.05) is 0 Å². The minimum Gasteiger partial charge on any atom is -0.253 e. The Hall–Kier alpha value is -2.93. The summed E-state index contributed by atoms with van der Waals surface area (Å²) in [6.07, 6.45) is 28.2. The molecule has 0 amide bonds. The summed E-state index contributed by atoms with van der Waals surface area (Å²) in [5, 5.41) is 0. The molecule has 1 nitrogen and oxygen atoms in total. The van der Waals surface area contributed by atoms with Crippen LogP contribution in [0.2, 0.25) is 0 Å². The molecular formula is C47H69N. The average molecular weight is 648 g/mol. The Bertz CT molecular complexity index is 1380. The molecule has 262 valence electrons. The molecule has 0 N–H and O–H groups in total. The molecule has 0 radical (unpaired) electrons. The Labute approximate surface area is 296 Å². The molecule has 0 unspecified atom stereocenters. The van der Waals surface area contributed by atoms with Crippen LogP contribution in [0.5, 0.6) is 0 Å². The maximum absolute atomic E-state index is 5.30. The lowest BCUT2D eigenvalue weighted by Gasteiger charge is -2.15. The highest BCUT2D eigenvalue weighted by molar-refractivity contribution is 6.04. The van der Waals surface area contributed by atoms with E-state index in [1.165, 1.54) is 160 Å². The van der Waals surface area contributed by atoms with Crippen LogP contribution in [0.3, 0.4) is 0 Å². The molecule has 1 heteroatoms. The van der Waals surface area contributed by atoms with Crippen LogP contribution in [0, 0.1) is 6.92 Å². The van der Waals surface area contributed by atoms with Crippen LogP contribution in [-0.4, -0.2) is 5.71 Å². The van der Waals surface area contributed by atoms with Crippen molar-refractivity contribution in [3.63, 3.8) is 0 Å². The van der Waals surface area contributed by atoms with Gasteiger partial charge in [0.05, 0.1) is 5.69 Å². The van der Waals surface area contributed by atoms with Crippen molar-refractivity contribution in [3.8, 4) is 11.1 Å². The fourth-order valence-electron chi connectivity index (χ4n) is 7.09. The molecule has 0 aromatic heterocycles. The largest absolute Gasteiger partial charge is 0.253 e. The molecule has 3 aromatic rings. The number of nitrogens with zero attached hydrogens (tertiary/aromatic N) is 1. The quantitative estimate of drug-likeness (QED) is 0.0677. The Morgan fingerprint density at radius 2 is 1.10 bits per heavy atom. The number of benzene rings is 3. The van der Waals surface area contributed by atoms with E-state index in [0.717, 1.165) is 18.5 Å². The monoisotopic (exact) mass is 648 g/mol. The van der Waals surface area contributed by atoms with Gasteiger partial charge in [-0.05, 0) is 122 Å². The molecule has 0 heterocycles. The molecule has 0 aliphatic heterocycles. The Morgan fingerprint density at radius 3 is 1.71 bits per heavy atom. The number of aryl methyl sites for hydroxylation is 3. The second-order valence-corrected chi connectivity index (χ2v) is 14.3. The Balaban J connectivity index is 1.86. The first-order chi connectivity index (χ1) is 23.5.